The maximum Gasteiger partial charge on any atom is 0.107 e. The molecular weight excluding hydrogens is 140 g/mol. The average Bonchev–Trinajstić information content (AvgIpc) is 2.05. The second-order valence-corrected chi connectivity index (χ2v) is 3.17. The molecule has 0 aromatic carbocycles. The molecule has 1 saturated heterocycles. The number of ether oxygens (including phenoxy) is 1. The van der Waals surface area contributed by atoms with Crippen molar-refractivity contribution in [1.29, 1.82) is 0 Å². The zero-order chi connectivity index (χ0) is 8.27. The lowest BCUT2D eigenvalue weighted by Crippen LogP contribution is -2.48. The zero-order valence-corrected chi connectivity index (χ0v) is 7.71. The minimum Gasteiger partial charge on any atom is -0.367 e. The molecule has 3 heteroatoms. The Morgan fingerprint density at radius 3 is 2.18 bits per heavy atom. The van der Waals surface area contributed by atoms with E-state index in [2.05, 4.69) is 23.8 Å². The van der Waals surface area contributed by atoms with Crippen LogP contribution in [0.3, 0.4) is 0 Å². The van der Waals surface area contributed by atoms with Crippen molar-refractivity contribution < 1.29 is 4.74 Å². The van der Waals surface area contributed by atoms with Gasteiger partial charge in [0.15, 0.2) is 0 Å². The lowest BCUT2D eigenvalue weighted by Gasteiger charge is -2.35. The van der Waals surface area contributed by atoms with Gasteiger partial charge < -0.3 is 9.64 Å². The lowest BCUT2D eigenvalue weighted by molar-refractivity contribution is -0.0383. The van der Waals surface area contributed by atoms with Gasteiger partial charge >= 0.3 is 0 Å². The van der Waals surface area contributed by atoms with Crippen LogP contribution in [0.5, 0.6) is 0 Å². The van der Waals surface area contributed by atoms with E-state index < -0.39 is 0 Å². The average molecular weight is 158 g/mol. The van der Waals surface area contributed by atoms with Crippen LogP contribution in [0.4, 0.5) is 0 Å². The largest absolute Gasteiger partial charge is 0.367 e. The maximum atomic E-state index is 5.23. The Bertz CT molecular complexity index is 111. The molecule has 3 nitrogen and oxygen atoms in total. The molecule has 1 heterocycles. The van der Waals surface area contributed by atoms with Crippen LogP contribution in [0.2, 0.25) is 0 Å². The fourth-order valence-electron chi connectivity index (χ4n) is 1.33. The topological polar surface area (TPSA) is 15.7 Å². The summed E-state index contributed by atoms with van der Waals surface area (Å²) in [7, 11) is 3.93. The highest BCUT2D eigenvalue weighted by atomic mass is 16.5. The summed E-state index contributed by atoms with van der Waals surface area (Å²) in [5.41, 5.74) is 0. The van der Waals surface area contributed by atoms with Gasteiger partial charge in [0.1, 0.15) is 6.23 Å². The normalized spacial score (nSPS) is 25.4. The maximum absolute atomic E-state index is 5.23. The molecule has 0 saturated carbocycles. The van der Waals surface area contributed by atoms with Gasteiger partial charge in [-0.3, -0.25) is 4.90 Å². The minimum absolute atomic E-state index is 0.281. The smallest absolute Gasteiger partial charge is 0.107 e. The third-order valence-electron chi connectivity index (χ3n) is 2.39. The van der Waals surface area contributed by atoms with Gasteiger partial charge in [0, 0.05) is 33.3 Å². The summed E-state index contributed by atoms with van der Waals surface area (Å²) in [5, 5.41) is 0. The molecule has 1 rings (SSSR count). The summed E-state index contributed by atoms with van der Waals surface area (Å²) in [6, 6.07) is 0. The van der Waals surface area contributed by atoms with Crippen molar-refractivity contribution in [3.8, 4) is 0 Å². The van der Waals surface area contributed by atoms with E-state index in [1.807, 2.05) is 0 Å². The Morgan fingerprint density at radius 1 is 1.18 bits per heavy atom. The summed E-state index contributed by atoms with van der Waals surface area (Å²) in [5.74, 6) is 0. The van der Waals surface area contributed by atoms with Crippen molar-refractivity contribution in [2.24, 2.45) is 0 Å². The standard InChI is InChI=1S/C8H18N2O/c1-8(11-3)10-6-4-9(2)5-7-10/h8H,4-7H2,1-3H3. The Kier molecular flexibility index (Phi) is 3.30. The Hall–Kier alpha value is -0.120. The fraction of sp³-hybridized carbons (Fsp3) is 1.00. The van der Waals surface area contributed by atoms with Gasteiger partial charge in [-0.2, -0.15) is 0 Å². The molecule has 1 atom stereocenters. The predicted octanol–water partition coefficient (Wildman–Crippen LogP) is 0.226. The molecule has 66 valence electrons. The van der Waals surface area contributed by atoms with Crippen LogP contribution >= 0.6 is 0 Å². The lowest BCUT2D eigenvalue weighted by atomic mass is 10.3. The van der Waals surface area contributed by atoms with Crippen molar-refractivity contribution in [2.45, 2.75) is 13.2 Å². The second-order valence-electron chi connectivity index (χ2n) is 3.17. The van der Waals surface area contributed by atoms with E-state index in [1.165, 1.54) is 0 Å². The van der Waals surface area contributed by atoms with E-state index >= 15 is 0 Å². The van der Waals surface area contributed by atoms with Crippen LogP contribution in [0.15, 0.2) is 0 Å². The molecule has 0 bridgehead atoms. The van der Waals surface area contributed by atoms with E-state index in [4.69, 9.17) is 4.74 Å². The highest BCUT2D eigenvalue weighted by molar-refractivity contribution is 4.69. The first-order valence-corrected chi connectivity index (χ1v) is 4.19. The fourth-order valence-corrected chi connectivity index (χ4v) is 1.33. The van der Waals surface area contributed by atoms with Crippen molar-refractivity contribution in [3.05, 3.63) is 0 Å². The molecule has 0 N–H and O–H groups in total. The molecule has 11 heavy (non-hydrogen) atoms. The SMILES string of the molecule is COC(C)N1CCN(C)CC1. The molecule has 1 aliphatic rings. The van der Waals surface area contributed by atoms with Gasteiger partial charge in [0.05, 0.1) is 0 Å². The van der Waals surface area contributed by atoms with Crippen LogP contribution in [0.25, 0.3) is 0 Å². The Balaban J connectivity index is 2.27. The molecule has 0 amide bonds. The molecule has 1 fully saturated rings. The van der Waals surface area contributed by atoms with Gasteiger partial charge in [-0.25, -0.2) is 0 Å². The number of piperazine rings is 1. The van der Waals surface area contributed by atoms with Gasteiger partial charge in [-0.15, -0.1) is 0 Å². The van der Waals surface area contributed by atoms with Crippen LogP contribution < -0.4 is 0 Å². The first-order valence-electron chi connectivity index (χ1n) is 4.19. The Labute approximate surface area is 68.9 Å². The molecule has 1 unspecified atom stereocenters. The van der Waals surface area contributed by atoms with E-state index in [0.717, 1.165) is 26.2 Å². The monoisotopic (exact) mass is 158 g/mol. The molecule has 0 spiro atoms. The summed E-state index contributed by atoms with van der Waals surface area (Å²) < 4.78 is 5.23. The van der Waals surface area contributed by atoms with Crippen molar-refractivity contribution in [2.75, 3.05) is 40.3 Å². The first-order chi connectivity index (χ1) is 5.24. The van der Waals surface area contributed by atoms with Crippen molar-refractivity contribution in [3.63, 3.8) is 0 Å². The van der Waals surface area contributed by atoms with Gasteiger partial charge in [0.2, 0.25) is 0 Å². The molecule has 0 radical (unpaired) electrons. The molecule has 0 aromatic rings. The number of likely N-dealkylation sites (N-methyl/N-ethyl adjacent to an activating group) is 1. The predicted molar refractivity (Wildman–Crippen MR) is 45.5 cm³/mol. The van der Waals surface area contributed by atoms with E-state index in [1.54, 1.807) is 7.11 Å². The van der Waals surface area contributed by atoms with Crippen LogP contribution in [0.1, 0.15) is 6.92 Å². The number of rotatable bonds is 2. The summed E-state index contributed by atoms with van der Waals surface area (Å²) in [6.45, 7) is 6.68. The molecule has 0 aromatic heterocycles. The van der Waals surface area contributed by atoms with E-state index in [0.29, 0.717) is 0 Å². The van der Waals surface area contributed by atoms with Gasteiger partial charge in [-0.1, -0.05) is 0 Å². The van der Waals surface area contributed by atoms with Crippen LogP contribution in [-0.4, -0.2) is 56.4 Å². The van der Waals surface area contributed by atoms with Gasteiger partial charge in [0.25, 0.3) is 0 Å². The van der Waals surface area contributed by atoms with E-state index in [9.17, 15) is 0 Å². The molecular formula is C8H18N2O. The highest BCUT2D eigenvalue weighted by Gasteiger charge is 2.17. The minimum atomic E-state index is 0.281. The Morgan fingerprint density at radius 2 is 1.73 bits per heavy atom. The summed E-state index contributed by atoms with van der Waals surface area (Å²) >= 11 is 0. The third-order valence-corrected chi connectivity index (χ3v) is 2.39. The quantitative estimate of drug-likeness (QED) is 0.572. The van der Waals surface area contributed by atoms with Crippen LogP contribution in [0, 0.1) is 0 Å². The number of nitrogens with zero attached hydrogens (tertiary/aromatic N) is 2. The van der Waals surface area contributed by atoms with Gasteiger partial charge in [-0.05, 0) is 14.0 Å². The number of hydrogen-bond donors (Lipinski definition) is 0. The third kappa shape index (κ3) is 2.43. The van der Waals surface area contributed by atoms with Crippen molar-refractivity contribution in [1.82, 2.24) is 9.80 Å². The zero-order valence-electron chi connectivity index (χ0n) is 7.71. The second kappa shape index (κ2) is 4.04. The molecule has 1 aliphatic heterocycles. The number of hydrogen-bond acceptors (Lipinski definition) is 3. The first kappa shape index (κ1) is 8.97. The molecule has 0 aliphatic carbocycles. The summed E-state index contributed by atoms with van der Waals surface area (Å²) in [4.78, 5) is 4.71. The number of methoxy groups -OCH3 is 1. The van der Waals surface area contributed by atoms with Crippen molar-refractivity contribution >= 4 is 0 Å². The highest BCUT2D eigenvalue weighted by Crippen LogP contribution is 2.04. The van der Waals surface area contributed by atoms with Crippen LogP contribution in [-0.2, 0) is 4.74 Å². The van der Waals surface area contributed by atoms with E-state index in [-0.39, 0.29) is 6.23 Å². The summed E-state index contributed by atoms with van der Waals surface area (Å²) in [6.07, 6.45) is 0.281.